The van der Waals surface area contributed by atoms with Gasteiger partial charge in [0.15, 0.2) is 0 Å². The lowest BCUT2D eigenvalue weighted by molar-refractivity contribution is 0.0657. The van der Waals surface area contributed by atoms with Crippen molar-refractivity contribution in [1.82, 2.24) is 20.2 Å². The van der Waals surface area contributed by atoms with Crippen LogP contribution >= 0.6 is 0 Å². The number of aromatic amines is 1. The SMILES string of the molecule is C[C@@H]1CNCCN1C(=O)c1cc(F)cc2[nH]cnc12. The molecule has 2 aromatic rings. The smallest absolute Gasteiger partial charge is 0.256 e. The van der Waals surface area contributed by atoms with Crippen LogP contribution in [0.5, 0.6) is 0 Å². The molecule has 1 aromatic heterocycles. The highest BCUT2D eigenvalue weighted by atomic mass is 19.1. The summed E-state index contributed by atoms with van der Waals surface area (Å²) >= 11 is 0. The standard InChI is InChI=1S/C13H15FN4O/c1-8-6-15-2-3-18(8)13(19)10-4-9(14)5-11-12(10)17-7-16-11/h4-5,7-8,15H,2-3,6H2,1H3,(H,16,17)/t8-/m1/s1. The molecule has 2 heterocycles. The van der Waals surface area contributed by atoms with Crippen LogP contribution in [0.2, 0.25) is 0 Å². The molecule has 5 nitrogen and oxygen atoms in total. The molecular formula is C13H15FN4O. The number of fused-ring (bicyclic) bond motifs is 1. The molecular weight excluding hydrogens is 247 g/mol. The fourth-order valence-corrected chi connectivity index (χ4v) is 2.48. The third kappa shape index (κ3) is 2.08. The van der Waals surface area contributed by atoms with E-state index in [4.69, 9.17) is 0 Å². The number of carbonyl (C=O) groups excluding carboxylic acids is 1. The van der Waals surface area contributed by atoms with Crippen molar-refractivity contribution in [1.29, 1.82) is 0 Å². The first-order valence-corrected chi connectivity index (χ1v) is 6.31. The predicted molar refractivity (Wildman–Crippen MR) is 69.4 cm³/mol. The van der Waals surface area contributed by atoms with Crippen molar-refractivity contribution >= 4 is 16.9 Å². The molecule has 0 unspecified atom stereocenters. The fourth-order valence-electron chi connectivity index (χ4n) is 2.48. The van der Waals surface area contributed by atoms with Gasteiger partial charge >= 0.3 is 0 Å². The van der Waals surface area contributed by atoms with Crippen LogP contribution < -0.4 is 5.32 Å². The Morgan fingerprint density at radius 3 is 3.16 bits per heavy atom. The minimum Gasteiger partial charge on any atom is -0.344 e. The average Bonchev–Trinajstić information content (AvgIpc) is 2.85. The predicted octanol–water partition coefficient (Wildman–Crippen LogP) is 1.14. The van der Waals surface area contributed by atoms with E-state index in [-0.39, 0.29) is 11.9 Å². The zero-order chi connectivity index (χ0) is 13.4. The topological polar surface area (TPSA) is 61.0 Å². The number of rotatable bonds is 1. The molecule has 1 saturated heterocycles. The van der Waals surface area contributed by atoms with Crippen molar-refractivity contribution in [3.05, 3.63) is 29.8 Å². The van der Waals surface area contributed by atoms with E-state index >= 15 is 0 Å². The molecule has 0 aliphatic carbocycles. The maximum atomic E-state index is 13.6. The number of piperazine rings is 1. The van der Waals surface area contributed by atoms with Gasteiger partial charge in [0.2, 0.25) is 0 Å². The Balaban J connectivity index is 2.03. The second-order valence-electron chi connectivity index (χ2n) is 4.80. The zero-order valence-corrected chi connectivity index (χ0v) is 10.6. The van der Waals surface area contributed by atoms with Crippen LogP contribution in [0.4, 0.5) is 4.39 Å². The van der Waals surface area contributed by atoms with E-state index < -0.39 is 5.82 Å². The number of nitrogens with zero attached hydrogens (tertiary/aromatic N) is 2. The number of H-pyrrole nitrogens is 1. The van der Waals surface area contributed by atoms with Crippen molar-refractivity contribution in [2.45, 2.75) is 13.0 Å². The monoisotopic (exact) mass is 262 g/mol. The van der Waals surface area contributed by atoms with Crippen molar-refractivity contribution in [3.8, 4) is 0 Å². The molecule has 6 heteroatoms. The first-order valence-electron chi connectivity index (χ1n) is 6.31. The van der Waals surface area contributed by atoms with Crippen LogP contribution in [-0.4, -0.2) is 46.5 Å². The number of hydrogen-bond acceptors (Lipinski definition) is 3. The van der Waals surface area contributed by atoms with Gasteiger partial charge in [-0.15, -0.1) is 0 Å². The summed E-state index contributed by atoms with van der Waals surface area (Å²) in [4.78, 5) is 21.3. The van der Waals surface area contributed by atoms with E-state index in [1.807, 2.05) is 6.92 Å². The normalized spacial score (nSPS) is 19.9. The van der Waals surface area contributed by atoms with Crippen LogP contribution in [0.1, 0.15) is 17.3 Å². The van der Waals surface area contributed by atoms with E-state index in [2.05, 4.69) is 15.3 Å². The van der Waals surface area contributed by atoms with Gasteiger partial charge in [0, 0.05) is 25.7 Å². The molecule has 1 aliphatic heterocycles. The van der Waals surface area contributed by atoms with Gasteiger partial charge in [0.1, 0.15) is 11.3 Å². The molecule has 1 fully saturated rings. The lowest BCUT2D eigenvalue weighted by Gasteiger charge is -2.34. The summed E-state index contributed by atoms with van der Waals surface area (Å²) in [5, 5.41) is 3.22. The number of nitrogens with one attached hydrogen (secondary N) is 2. The van der Waals surface area contributed by atoms with Crippen molar-refractivity contribution in [2.75, 3.05) is 19.6 Å². The highest BCUT2D eigenvalue weighted by Gasteiger charge is 2.26. The van der Waals surface area contributed by atoms with E-state index in [1.165, 1.54) is 18.5 Å². The van der Waals surface area contributed by atoms with Gasteiger partial charge in [-0.25, -0.2) is 9.37 Å². The Hall–Kier alpha value is -1.95. The Labute approximate surface area is 109 Å². The summed E-state index contributed by atoms with van der Waals surface area (Å²) < 4.78 is 13.6. The highest BCUT2D eigenvalue weighted by molar-refractivity contribution is 6.05. The number of imidazole rings is 1. The third-order valence-corrected chi connectivity index (χ3v) is 3.48. The second-order valence-corrected chi connectivity index (χ2v) is 4.80. The molecule has 3 rings (SSSR count). The third-order valence-electron chi connectivity index (χ3n) is 3.48. The van der Waals surface area contributed by atoms with Crippen molar-refractivity contribution in [3.63, 3.8) is 0 Å². The van der Waals surface area contributed by atoms with Crippen LogP contribution in [0.3, 0.4) is 0 Å². The maximum absolute atomic E-state index is 13.6. The minimum absolute atomic E-state index is 0.0958. The van der Waals surface area contributed by atoms with Gasteiger partial charge in [-0.3, -0.25) is 4.79 Å². The van der Waals surface area contributed by atoms with E-state index in [9.17, 15) is 9.18 Å². The number of aromatic nitrogens is 2. The largest absolute Gasteiger partial charge is 0.344 e. The maximum Gasteiger partial charge on any atom is 0.256 e. The Morgan fingerprint density at radius 1 is 1.53 bits per heavy atom. The molecule has 1 atom stereocenters. The molecule has 1 aliphatic rings. The molecule has 0 spiro atoms. The molecule has 1 aromatic carbocycles. The lowest BCUT2D eigenvalue weighted by atomic mass is 10.1. The van der Waals surface area contributed by atoms with Crippen LogP contribution in [0.25, 0.3) is 11.0 Å². The van der Waals surface area contributed by atoms with Crippen LogP contribution in [-0.2, 0) is 0 Å². The summed E-state index contributed by atoms with van der Waals surface area (Å²) in [6, 6.07) is 2.71. The molecule has 0 saturated carbocycles. The number of hydrogen-bond donors (Lipinski definition) is 2. The van der Waals surface area contributed by atoms with Gasteiger partial charge in [-0.2, -0.15) is 0 Å². The second kappa shape index (κ2) is 4.62. The van der Waals surface area contributed by atoms with E-state index in [0.717, 1.165) is 13.1 Å². The average molecular weight is 262 g/mol. The Morgan fingerprint density at radius 2 is 2.37 bits per heavy atom. The fraction of sp³-hybridized carbons (Fsp3) is 0.385. The summed E-state index contributed by atoms with van der Waals surface area (Å²) in [6.07, 6.45) is 1.47. The van der Waals surface area contributed by atoms with Crippen LogP contribution in [0, 0.1) is 5.82 Å². The zero-order valence-electron chi connectivity index (χ0n) is 10.6. The van der Waals surface area contributed by atoms with Crippen molar-refractivity contribution < 1.29 is 9.18 Å². The number of amides is 1. The quantitative estimate of drug-likeness (QED) is 0.810. The lowest BCUT2D eigenvalue weighted by Crippen LogP contribution is -2.52. The molecule has 100 valence electrons. The van der Waals surface area contributed by atoms with Crippen LogP contribution in [0.15, 0.2) is 18.5 Å². The van der Waals surface area contributed by atoms with Crippen molar-refractivity contribution in [2.24, 2.45) is 0 Å². The number of benzene rings is 1. The Kier molecular flexibility index (Phi) is 2.94. The van der Waals surface area contributed by atoms with Gasteiger partial charge in [0.25, 0.3) is 5.91 Å². The molecule has 0 radical (unpaired) electrons. The van der Waals surface area contributed by atoms with Gasteiger partial charge in [0.05, 0.1) is 17.4 Å². The summed E-state index contributed by atoms with van der Waals surface area (Å²) in [5.41, 5.74) is 1.40. The molecule has 1 amide bonds. The molecule has 19 heavy (non-hydrogen) atoms. The highest BCUT2D eigenvalue weighted by Crippen LogP contribution is 2.20. The number of halogens is 1. The van der Waals surface area contributed by atoms with Gasteiger partial charge < -0.3 is 15.2 Å². The van der Waals surface area contributed by atoms with Gasteiger partial charge in [-0.05, 0) is 19.1 Å². The van der Waals surface area contributed by atoms with E-state index in [0.29, 0.717) is 23.1 Å². The Bertz CT molecular complexity index is 624. The first kappa shape index (κ1) is 12.1. The molecule has 0 bridgehead atoms. The summed E-state index contributed by atoms with van der Waals surface area (Å²) in [5.74, 6) is -0.589. The minimum atomic E-state index is -0.428. The molecule has 2 N–H and O–H groups in total. The summed E-state index contributed by atoms with van der Waals surface area (Å²) in [7, 11) is 0. The first-order chi connectivity index (χ1) is 9.16. The van der Waals surface area contributed by atoms with E-state index in [1.54, 1.807) is 4.90 Å². The summed E-state index contributed by atoms with van der Waals surface area (Å²) in [6.45, 7) is 4.12. The van der Waals surface area contributed by atoms with Gasteiger partial charge in [-0.1, -0.05) is 0 Å². The number of carbonyl (C=O) groups is 1.